The van der Waals surface area contributed by atoms with E-state index in [1.165, 1.54) is 43.9 Å². The molecule has 1 spiro atoms. The second-order valence-corrected chi connectivity index (χ2v) is 7.00. The predicted octanol–water partition coefficient (Wildman–Crippen LogP) is 3.75. The number of nitrogens with zero attached hydrogens (tertiary/aromatic N) is 1. The van der Waals surface area contributed by atoms with Gasteiger partial charge in [-0.3, -0.25) is 0 Å². The Morgan fingerprint density at radius 2 is 2.19 bits per heavy atom. The summed E-state index contributed by atoms with van der Waals surface area (Å²) in [5, 5.41) is 9.77. The molecule has 1 N–H and O–H groups in total. The molecule has 2 fully saturated rings. The molecule has 0 aromatic carbocycles. The fraction of sp³-hybridized carbons (Fsp3) is 0.625. The third-order valence-corrected chi connectivity index (χ3v) is 5.65. The number of rotatable bonds is 4. The molecule has 1 saturated heterocycles. The lowest BCUT2D eigenvalue weighted by Crippen LogP contribution is -2.32. The number of ether oxygens (including phenoxy) is 1. The van der Waals surface area contributed by atoms with Gasteiger partial charge in [0.05, 0.1) is 17.3 Å². The van der Waals surface area contributed by atoms with E-state index >= 15 is 0 Å². The zero-order valence-electron chi connectivity index (χ0n) is 12.1. The summed E-state index contributed by atoms with van der Waals surface area (Å²) in [6, 6.07) is 3.27. The van der Waals surface area contributed by atoms with Crippen molar-refractivity contribution in [1.29, 1.82) is 0 Å². The van der Waals surface area contributed by atoms with Crippen LogP contribution in [0.5, 0.6) is 0 Å². The van der Waals surface area contributed by atoms with E-state index in [0.717, 1.165) is 18.6 Å². The van der Waals surface area contributed by atoms with E-state index < -0.39 is 5.97 Å². The second kappa shape index (κ2) is 6.36. The van der Waals surface area contributed by atoms with Crippen molar-refractivity contribution in [2.45, 2.75) is 61.7 Å². The summed E-state index contributed by atoms with van der Waals surface area (Å²) in [5.74, 6) is -0.124. The van der Waals surface area contributed by atoms with Crippen molar-refractivity contribution < 1.29 is 14.6 Å². The lowest BCUT2D eigenvalue weighted by Gasteiger charge is -2.33. The quantitative estimate of drug-likeness (QED) is 0.858. The molecule has 114 valence electrons. The molecular formula is C16H21NO3S. The molecule has 1 aliphatic carbocycles. The summed E-state index contributed by atoms with van der Waals surface area (Å²) >= 11 is 1.50. The van der Waals surface area contributed by atoms with Gasteiger partial charge in [-0.1, -0.05) is 19.3 Å². The van der Waals surface area contributed by atoms with Crippen molar-refractivity contribution in [2.24, 2.45) is 0 Å². The van der Waals surface area contributed by atoms with Gasteiger partial charge < -0.3 is 9.84 Å². The van der Waals surface area contributed by atoms with Crippen molar-refractivity contribution in [3.8, 4) is 0 Å². The standard InChI is InChI=1S/C16H21NO3S/c18-15(19)13-5-4-10-17-14(13)21-11-12-6-9-16(20-12)7-2-1-3-8-16/h4-5,10,12H,1-3,6-9,11H2,(H,18,19). The van der Waals surface area contributed by atoms with Crippen molar-refractivity contribution in [3.63, 3.8) is 0 Å². The van der Waals surface area contributed by atoms with Gasteiger partial charge in [0.2, 0.25) is 0 Å². The molecule has 1 aliphatic heterocycles. The van der Waals surface area contributed by atoms with Crippen LogP contribution in [0.15, 0.2) is 23.4 Å². The van der Waals surface area contributed by atoms with Crippen molar-refractivity contribution in [1.82, 2.24) is 4.98 Å². The van der Waals surface area contributed by atoms with Crippen LogP contribution in [0.25, 0.3) is 0 Å². The minimum atomic E-state index is -0.915. The van der Waals surface area contributed by atoms with Crippen molar-refractivity contribution >= 4 is 17.7 Å². The number of aromatic nitrogens is 1. The topological polar surface area (TPSA) is 59.4 Å². The zero-order chi connectivity index (χ0) is 14.7. The maximum Gasteiger partial charge on any atom is 0.338 e. The van der Waals surface area contributed by atoms with Crippen molar-refractivity contribution in [3.05, 3.63) is 23.9 Å². The van der Waals surface area contributed by atoms with Crippen LogP contribution in [0.1, 0.15) is 55.3 Å². The van der Waals surface area contributed by atoms with E-state index in [2.05, 4.69) is 4.98 Å². The van der Waals surface area contributed by atoms with E-state index in [1.54, 1.807) is 18.3 Å². The van der Waals surface area contributed by atoms with Crippen LogP contribution < -0.4 is 0 Å². The zero-order valence-corrected chi connectivity index (χ0v) is 12.9. The largest absolute Gasteiger partial charge is 0.478 e. The first-order valence-corrected chi connectivity index (χ1v) is 8.66. The van der Waals surface area contributed by atoms with Crippen LogP contribution in [-0.2, 0) is 4.74 Å². The first-order chi connectivity index (χ1) is 10.2. The molecule has 5 heteroatoms. The van der Waals surface area contributed by atoms with Gasteiger partial charge in [0.1, 0.15) is 5.03 Å². The molecule has 1 unspecified atom stereocenters. The van der Waals surface area contributed by atoms with E-state index in [1.807, 2.05) is 0 Å². The SMILES string of the molecule is O=C(O)c1cccnc1SCC1CCC2(CCCCC2)O1. The summed E-state index contributed by atoms with van der Waals surface area (Å²) in [7, 11) is 0. The molecule has 21 heavy (non-hydrogen) atoms. The monoisotopic (exact) mass is 307 g/mol. The molecule has 1 atom stereocenters. The number of aromatic carboxylic acids is 1. The Balaban J connectivity index is 1.58. The highest BCUT2D eigenvalue weighted by atomic mass is 32.2. The number of carboxylic acids is 1. The summed E-state index contributed by atoms with van der Waals surface area (Å²) in [5.41, 5.74) is 0.413. The smallest absolute Gasteiger partial charge is 0.338 e. The average Bonchev–Trinajstić information content (AvgIpc) is 2.89. The molecule has 0 amide bonds. The van der Waals surface area contributed by atoms with E-state index in [0.29, 0.717) is 5.03 Å². The molecule has 3 rings (SSSR count). The maximum atomic E-state index is 11.2. The van der Waals surface area contributed by atoms with Crippen LogP contribution in [0.4, 0.5) is 0 Å². The summed E-state index contributed by atoms with van der Waals surface area (Å²) in [6.07, 6.45) is 10.4. The number of pyridine rings is 1. The Labute approximate surface area is 129 Å². The molecular weight excluding hydrogens is 286 g/mol. The molecule has 1 aromatic rings. The number of hydrogen-bond donors (Lipinski definition) is 1. The highest BCUT2D eigenvalue weighted by Crippen LogP contribution is 2.42. The highest BCUT2D eigenvalue weighted by molar-refractivity contribution is 7.99. The van der Waals surface area contributed by atoms with Gasteiger partial charge in [0.25, 0.3) is 0 Å². The third-order valence-electron chi connectivity index (χ3n) is 4.51. The Kier molecular flexibility index (Phi) is 4.50. The second-order valence-electron chi connectivity index (χ2n) is 5.99. The van der Waals surface area contributed by atoms with Gasteiger partial charge in [0, 0.05) is 11.9 Å². The molecule has 0 bridgehead atoms. The molecule has 2 heterocycles. The highest BCUT2D eigenvalue weighted by Gasteiger charge is 2.40. The van der Waals surface area contributed by atoms with Crippen molar-refractivity contribution in [2.75, 3.05) is 5.75 Å². The Hall–Kier alpha value is -1.07. The summed E-state index contributed by atoms with van der Waals surface area (Å²) < 4.78 is 6.32. The van der Waals surface area contributed by atoms with Crippen LogP contribution in [-0.4, -0.2) is 33.5 Å². The first kappa shape index (κ1) is 14.9. The van der Waals surface area contributed by atoms with E-state index in [4.69, 9.17) is 4.74 Å². The lowest BCUT2D eigenvalue weighted by atomic mass is 9.83. The molecule has 4 nitrogen and oxygen atoms in total. The minimum Gasteiger partial charge on any atom is -0.478 e. The van der Waals surface area contributed by atoms with Crippen LogP contribution in [0, 0.1) is 0 Å². The molecule has 2 aliphatic rings. The normalized spacial score (nSPS) is 24.3. The van der Waals surface area contributed by atoms with Crippen LogP contribution >= 0.6 is 11.8 Å². The summed E-state index contributed by atoms with van der Waals surface area (Å²) in [6.45, 7) is 0. The fourth-order valence-electron chi connectivity index (χ4n) is 3.42. The molecule has 1 saturated carbocycles. The van der Waals surface area contributed by atoms with Gasteiger partial charge in [-0.25, -0.2) is 9.78 Å². The predicted molar refractivity (Wildman–Crippen MR) is 81.8 cm³/mol. The van der Waals surface area contributed by atoms with Gasteiger partial charge in [-0.05, 0) is 37.8 Å². The Morgan fingerprint density at radius 1 is 1.38 bits per heavy atom. The first-order valence-electron chi connectivity index (χ1n) is 7.67. The Morgan fingerprint density at radius 3 is 2.95 bits per heavy atom. The minimum absolute atomic E-state index is 0.128. The van der Waals surface area contributed by atoms with Gasteiger partial charge in [-0.15, -0.1) is 11.8 Å². The molecule has 0 radical (unpaired) electrons. The van der Waals surface area contributed by atoms with E-state index in [9.17, 15) is 9.90 Å². The van der Waals surface area contributed by atoms with E-state index in [-0.39, 0.29) is 17.3 Å². The van der Waals surface area contributed by atoms with Gasteiger partial charge in [-0.2, -0.15) is 0 Å². The Bertz CT molecular complexity index is 514. The fourth-order valence-corrected chi connectivity index (χ4v) is 4.44. The van der Waals surface area contributed by atoms with Gasteiger partial charge >= 0.3 is 5.97 Å². The maximum absolute atomic E-state index is 11.2. The number of thioether (sulfide) groups is 1. The van der Waals surface area contributed by atoms with Crippen LogP contribution in [0.3, 0.4) is 0 Å². The lowest BCUT2D eigenvalue weighted by molar-refractivity contribution is -0.0555. The number of carboxylic acid groups (broad SMARTS) is 1. The van der Waals surface area contributed by atoms with Gasteiger partial charge in [0.15, 0.2) is 0 Å². The summed E-state index contributed by atoms with van der Waals surface area (Å²) in [4.78, 5) is 15.4. The average molecular weight is 307 g/mol. The van der Waals surface area contributed by atoms with Crippen LogP contribution in [0.2, 0.25) is 0 Å². The number of carbonyl (C=O) groups is 1. The number of hydrogen-bond acceptors (Lipinski definition) is 4. The third kappa shape index (κ3) is 3.40. The molecule has 1 aromatic heterocycles.